The van der Waals surface area contributed by atoms with Gasteiger partial charge < -0.3 is 15.2 Å². The Labute approximate surface area is 98.4 Å². The van der Waals surface area contributed by atoms with Crippen molar-refractivity contribution in [2.45, 2.75) is 24.9 Å². The third kappa shape index (κ3) is 3.64. The fraction of sp³-hybridized carbons (Fsp3) is 0.500. The molecule has 1 aliphatic rings. The van der Waals surface area contributed by atoms with E-state index in [1.807, 2.05) is 0 Å². The summed E-state index contributed by atoms with van der Waals surface area (Å²) in [6, 6.07) is 3.24. The van der Waals surface area contributed by atoms with Gasteiger partial charge in [-0.2, -0.15) is 0 Å². The largest absolute Gasteiger partial charge is 0.489 e. The van der Waals surface area contributed by atoms with Gasteiger partial charge in [0.2, 0.25) is 0 Å². The Balaban J connectivity index is 1.88. The van der Waals surface area contributed by atoms with Crippen molar-refractivity contribution in [3.63, 3.8) is 0 Å². The first-order chi connectivity index (χ1) is 8.19. The zero-order chi connectivity index (χ0) is 12.3. The Bertz CT molecular complexity index is 383. The van der Waals surface area contributed by atoms with Crippen LogP contribution < -0.4 is 10.1 Å². The van der Waals surface area contributed by atoms with Gasteiger partial charge in [0, 0.05) is 12.1 Å². The molecule has 94 valence electrons. The topological polar surface area (TPSA) is 41.5 Å². The number of hydrogen-bond acceptors (Lipinski definition) is 3. The van der Waals surface area contributed by atoms with Crippen molar-refractivity contribution in [1.29, 1.82) is 0 Å². The highest BCUT2D eigenvalue weighted by atomic mass is 19.1. The van der Waals surface area contributed by atoms with E-state index in [0.29, 0.717) is 6.04 Å². The van der Waals surface area contributed by atoms with Gasteiger partial charge in [-0.1, -0.05) is 0 Å². The number of nitrogens with one attached hydrogen (secondary N) is 1. The number of aliphatic hydroxyl groups excluding tert-OH is 1. The van der Waals surface area contributed by atoms with E-state index in [1.165, 1.54) is 0 Å². The lowest BCUT2D eigenvalue weighted by molar-refractivity contribution is 0.178. The van der Waals surface area contributed by atoms with Crippen LogP contribution >= 0.6 is 0 Å². The predicted molar refractivity (Wildman–Crippen MR) is 58.9 cm³/mol. The molecule has 0 aromatic heterocycles. The second kappa shape index (κ2) is 5.42. The summed E-state index contributed by atoms with van der Waals surface area (Å²) in [5, 5.41) is 12.2. The molecule has 0 amide bonds. The van der Waals surface area contributed by atoms with Gasteiger partial charge in [-0.3, -0.25) is 0 Å². The van der Waals surface area contributed by atoms with Crippen LogP contribution in [-0.4, -0.2) is 30.4 Å². The van der Waals surface area contributed by atoms with Crippen LogP contribution in [0.25, 0.3) is 0 Å². The molecule has 0 bridgehead atoms. The maximum absolute atomic E-state index is 13.2. The van der Waals surface area contributed by atoms with Gasteiger partial charge >= 0.3 is 0 Å². The summed E-state index contributed by atoms with van der Waals surface area (Å²) in [5.41, 5.74) is 0. The van der Waals surface area contributed by atoms with Crippen molar-refractivity contribution in [1.82, 2.24) is 5.32 Å². The molecular weight excluding hydrogens is 228 g/mol. The van der Waals surface area contributed by atoms with Crippen LogP contribution in [0, 0.1) is 11.6 Å². The molecule has 1 atom stereocenters. The normalized spacial score (nSPS) is 16.9. The lowest BCUT2D eigenvalue weighted by atomic mass is 10.3. The van der Waals surface area contributed by atoms with Crippen molar-refractivity contribution in [3.8, 4) is 5.75 Å². The Morgan fingerprint density at radius 1 is 1.41 bits per heavy atom. The molecule has 1 aromatic carbocycles. The van der Waals surface area contributed by atoms with Crippen LogP contribution in [0.4, 0.5) is 8.78 Å². The maximum Gasteiger partial charge on any atom is 0.165 e. The van der Waals surface area contributed by atoms with Gasteiger partial charge in [-0.05, 0) is 25.0 Å². The summed E-state index contributed by atoms with van der Waals surface area (Å²) >= 11 is 0. The van der Waals surface area contributed by atoms with Crippen LogP contribution in [0.1, 0.15) is 12.8 Å². The molecule has 1 aromatic rings. The third-order valence-corrected chi connectivity index (χ3v) is 2.60. The predicted octanol–water partition coefficient (Wildman–Crippen LogP) is 1.46. The van der Waals surface area contributed by atoms with Crippen LogP contribution in [-0.2, 0) is 0 Å². The highest BCUT2D eigenvalue weighted by Crippen LogP contribution is 2.20. The summed E-state index contributed by atoms with van der Waals surface area (Å²) < 4.78 is 31.2. The molecule has 17 heavy (non-hydrogen) atoms. The van der Waals surface area contributed by atoms with Crippen LogP contribution in [0.2, 0.25) is 0 Å². The van der Waals surface area contributed by atoms with E-state index in [4.69, 9.17) is 9.84 Å². The Kier molecular flexibility index (Phi) is 3.91. The van der Waals surface area contributed by atoms with Crippen molar-refractivity contribution in [3.05, 3.63) is 29.8 Å². The molecule has 0 heterocycles. The average molecular weight is 243 g/mol. The zero-order valence-corrected chi connectivity index (χ0v) is 9.33. The molecule has 5 heteroatoms. The second-order valence-corrected chi connectivity index (χ2v) is 4.21. The van der Waals surface area contributed by atoms with Crippen LogP contribution in [0.3, 0.4) is 0 Å². The minimum absolute atomic E-state index is 0.0898. The van der Waals surface area contributed by atoms with E-state index in [1.54, 1.807) is 0 Å². The molecule has 1 fully saturated rings. The fourth-order valence-corrected chi connectivity index (χ4v) is 1.52. The van der Waals surface area contributed by atoms with Crippen LogP contribution in [0.15, 0.2) is 18.2 Å². The molecule has 3 nitrogen and oxygen atoms in total. The van der Waals surface area contributed by atoms with Gasteiger partial charge in [-0.15, -0.1) is 0 Å². The summed E-state index contributed by atoms with van der Waals surface area (Å²) in [5.74, 6) is -1.27. The highest BCUT2D eigenvalue weighted by molar-refractivity contribution is 5.24. The Hall–Kier alpha value is -1.20. The van der Waals surface area contributed by atoms with Crippen LogP contribution in [0.5, 0.6) is 5.75 Å². The van der Waals surface area contributed by atoms with Gasteiger partial charge in [0.1, 0.15) is 12.4 Å². The molecule has 0 aliphatic heterocycles. The Morgan fingerprint density at radius 3 is 2.82 bits per heavy atom. The summed E-state index contributed by atoms with van der Waals surface area (Å²) in [6.07, 6.45) is 2.18. The number of ether oxygens (including phenoxy) is 1. The van der Waals surface area contributed by atoms with Crippen molar-refractivity contribution in [2.75, 3.05) is 13.2 Å². The third-order valence-electron chi connectivity index (χ3n) is 2.60. The first kappa shape index (κ1) is 12.3. The van der Waals surface area contributed by atoms with E-state index in [0.717, 1.165) is 31.0 Å². The minimum Gasteiger partial charge on any atom is -0.489 e. The lowest BCUT2D eigenvalue weighted by Crippen LogP contribution is -2.39. The van der Waals surface area contributed by atoms with E-state index < -0.39 is 11.6 Å². The van der Waals surface area contributed by atoms with Gasteiger partial charge in [0.05, 0.1) is 12.6 Å². The standard InChI is InChI=1S/C12H15F2NO2/c13-8-1-4-11(14)12(5-8)17-7-10(6-16)15-9-2-3-9/h1,4-5,9-10,15-16H,2-3,6-7H2. The van der Waals surface area contributed by atoms with Crippen molar-refractivity contribution < 1.29 is 18.6 Å². The van der Waals surface area contributed by atoms with Crippen molar-refractivity contribution >= 4 is 0 Å². The smallest absolute Gasteiger partial charge is 0.165 e. The summed E-state index contributed by atoms with van der Waals surface area (Å²) in [6.45, 7) is 0.0286. The number of aliphatic hydroxyl groups is 1. The molecule has 1 unspecified atom stereocenters. The highest BCUT2D eigenvalue weighted by Gasteiger charge is 2.24. The molecule has 0 saturated heterocycles. The number of halogens is 2. The average Bonchev–Trinajstić information content (AvgIpc) is 3.12. The quantitative estimate of drug-likeness (QED) is 0.794. The molecule has 0 spiro atoms. The molecule has 1 aliphatic carbocycles. The van der Waals surface area contributed by atoms with E-state index in [-0.39, 0.29) is 25.0 Å². The fourth-order valence-electron chi connectivity index (χ4n) is 1.52. The number of benzene rings is 1. The second-order valence-electron chi connectivity index (χ2n) is 4.21. The maximum atomic E-state index is 13.2. The van der Waals surface area contributed by atoms with E-state index in [9.17, 15) is 8.78 Å². The first-order valence-corrected chi connectivity index (χ1v) is 5.64. The molecule has 1 saturated carbocycles. The lowest BCUT2D eigenvalue weighted by Gasteiger charge is -2.16. The first-order valence-electron chi connectivity index (χ1n) is 5.64. The van der Waals surface area contributed by atoms with E-state index in [2.05, 4.69) is 5.32 Å². The monoisotopic (exact) mass is 243 g/mol. The van der Waals surface area contributed by atoms with Gasteiger partial charge in [-0.25, -0.2) is 8.78 Å². The van der Waals surface area contributed by atoms with Gasteiger partial charge in [0.25, 0.3) is 0 Å². The Morgan fingerprint density at radius 2 is 2.18 bits per heavy atom. The molecular formula is C12H15F2NO2. The summed E-state index contributed by atoms with van der Waals surface area (Å²) in [7, 11) is 0. The zero-order valence-electron chi connectivity index (χ0n) is 9.33. The molecule has 0 radical (unpaired) electrons. The van der Waals surface area contributed by atoms with Crippen molar-refractivity contribution in [2.24, 2.45) is 0 Å². The molecule has 2 rings (SSSR count). The molecule has 2 N–H and O–H groups in total. The minimum atomic E-state index is -0.602. The summed E-state index contributed by atoms with van der Waals surface area (Å²) in [4.78, 5) is 0. The van der Waals surface area contributed by atoms with E-state index >= 15 is 0 Å². The SMILES string of the molecule is OCC(COc1cc(F)ccc1F)NC1CC1. The van der Waals surface area contributed by atoms with Gasteiger partial charge in [0.15, 0.2) is 11.6 Å². The number of hydrogen-bond donors (Lipinski definition) is 2. The number of rotatable bonds is 6.